The largest absolute Gasteiger partial charge is 0.373 e. The van der Waals surface area contributed by atoms with Crippen LogP contribution in [0.4, 0.5) is 0 Å². The highest BCUT2D eigenvalue weighted by Crippen LogP contribution is 2.37. The van der Waals surface area contributed by atoms with E-state index in [1.807, 2.05) is 25.6 Å². The molecule has 0 unspecified atom stereocenters. The number of aryl methyl sites for hydroxylation is 3. The van der Waals surface area contributed by atoms with Gasteiger partial charge in [-0.2, -0.15) is 10.2 Å². The highest BCUT2D eigenvalue weighted by Gasteiger charge is 2.34. The van der Waals surface area contributed by atoms with Gasteiger partial charge in [0.15, 0.2) is 0 Å². The van der Waals surface area contributed by atoms with E-state index in [1.165, 1.54) is 17.1 Å². The molecule has 1 saturated heterocycles. The van der Waals surface area contributed by atoms with Crippen molar-refractivity contribution in [1.29, 1.82) is 0 Å². The number of nitrogens with one attached hydrogen (secondary N) is 1. The molecule has 1 fully saturated rings. The molecular weight excluding hydrogens is 330 g/mol. The summed E-state index contributed by atoms with van der Waals surface area (Å²) in [7, 11) is 0.0347. The van der Waals surface area contributed by atoms with Gasteiger partial charge in [-0.15, -0.1) is 0 Å². The number of hydrogen-bond acceptors (Lipinski definition) is 5. The van der Waals surface area contributed by atoms with Gasteiger partial charge in [0.05, 0.1) is 18.0 Å². The van der Waals surface area contributed by atoms with Gasteiger partial charge in [0.25, 0.3) is 0 Å². The summed E-state index contributed by atoms with van der Waals surface area (Å²) in [5, 5.41) is 8.35. The van der Waals surface area contributed by atoms with Crippen LogP contribution in [0.5, 0.6) is 0 Å². The van der Waals surface area contributed by atoms with Crippen molar-refractivity contribution in [2.24, 2.45) is 20.0 Å². The van der Waals surface area contributed by atoms with Crippen LogP contribution in [-0.2, 0) is 28.9 Å². The molecule has 1 N–H and O–H groups in total. The summed E-state index contributed by atoms with van der Waals surface area (Å²) in [5.41, 5.74) is 3.06. The zero-order chi connectivity index (χ0) is 17.5. The monoisotopic (exact) mass is 353 g/mol. The Morgan fingerprint density at radius 1 is 1.38 bits per heavy atom. The third-order valence-electron chi connectivity index (χ3n) is 4.59. The molecule has 0 amide bonds. The van der Waals surface area contributed by atoms with Gasteiger partial charge in [-0.25, -0.2) is 13.1 Å². The fourth-order valence-electron chi connectivity index (χ4n) is 3.20. The van der Waals surface area contributed by atoms with Crippen molar-refractivity contribution in [2.45, 2.75) is 31.3 Å². The molecule has 132 valence electrons. The summed E-state index contributed by atoms with van der Waals surface area (Å²) in [5.74, 6) is 0.0815. The second kappa shape index (κ2) is 6.30. The first-order valence-corrected chi connectivity index (χ1v) is 9.38. The molecule has 24 heavy (non-hydrogen) atoms. The minimum absolute atomic E-state index is 0.0815. The molecule has 0 aliphatic carbocycles. The SMILES string of the molecule is Cc1nn(C)c(C)c1[C@H]1OCC[C@@H]1CNS(=O)(=O)c1cnn(C)c1. The van der Waals surface area contributed by atoms with E-state index in [2.05, 4.69) is 14.9 Å². The maximum absolute atomic E-state index is 12.4. The van der Waals surface area contributed by atoms with E-state index in [-0.39, 0.29) is 16.9 Å². The molecule has 0 bridgehead atoms. The van der Waals surface area contributed by atoms with Gasteiger partial charge in [-0.3, -0.25) is 9.36 Å². The van der Waals surface area contributed by atoms with Crippen LogP contribution in [0.1, 0.15) is 29.5 Å². The number of aromatic nitrogens is 4. The van der Waals surface area contributed by atoms with Gasteiger partial charge in [0.2, 0.25) is 10.0 Å². The standard InChI is InChI=1S/C15H23N5O3S/c1-10-14(11(2)20(4)18-10)15-12(5-6-23-15)7-17-24(21,22)13-8-16-19(3)9-13/h8-9,12,15,17H,5-7H2,1-4H3/t12-,15+/m1/s1. The zero-order valence-corrected chi connectivity index (χ0v) is 15.2. The molecule has 1 aliphatic heterocycles. The quantitative estimate of drug-likeness (QED) is 0.860. The normalized spacial score (nSPS) is 21.5. The Morgan fingerprint density at radius 2 is 2.12 bits per heavy atom. The molecule has 0 radical (unpaired) electrons. The van der Waals surface area contributed by atoms with Crippen LogP contribution in [0, 0.1) is 19.8 Å². The molecule has 3 heterocycles. The van der Waals surface area contributed by atoms with Crippen molar-refractivity contribution in [1.82, 2.24) is 24.3 Å². The van der Waals surface area contributed by atoms with Gasteiger partial charge in [0, 0.05) is 50.6 Å². The highest BCUT2D eigenvalue weighted by molar-refractivity contribution is 7.89. The summed E-state index contributed by atoms with van der Waals surface area (Å²) in [6, 6.07) is 0. The molecule has 8 nitrogen and oxygen atoms in total. The Morgan fingerprint density at radius 3 is 2.71 bits per heavy atom. The smallest absolute Gasteiger partial charge is 0.243 e. The Labute approximate surface area is 141 Å². The average molecular weight is 353 g/mol. The van der Waals surface area contributed by atoms with E-state index in [0.717, 1.165) is 23.4 Å². The predicted octanol–water partition coefficient (Wildman–Crippen LogP) is 0.827. The zero-order valence-electron chi connectivity index (χ0n) is 14.4. The second-order valence-electron chi connectivity index (χ2n) is 6.25. The highest BCUT2D eigenvalue weighted by atomic mass is 32.2. The van der Waals surface area contributed by atoms with Gasteiger partial charge >= 0.3 is 0 Å². The average Bonchev–Trinajstić information content (AvgIpc) is 3.19. The lowest BCUT2D eigenvalue weighted by atomic mass is 9.94. The summed E-state index contributed by atoms with van der Waals surface area (Å²) >= 11 is 0. The third kappa shape index (κ3) is 3.11. The number of rotatable bonds is 5. The molecule has 1 aliphatic rings. The van der Waals surface area contributed by atoms with Gasteiger partial charge in [-0.1, -0.05) is 0 Å². The van der Waals surface area contributed by atoms with Crippen molar-refractivity contribution >= 4 is 10.0 Å². The molecule has 2 aromatic rings. The van der Waals surface area contributed by atoms with E-state index in [0.29, 0.717) is 13.2 Å². The lowest BCUT2D eigenvalue weighted by Gasteiger charge is -2.19. The molecule has 9 heteroatoms. The van der Waals surface area contributed by atoms with E-state index < -0.39 is 10.0 Å². The number of sulfonamides is 1. The van der Waals surface area contributed by atoms with Gasteiger partial charge < -0.3 is 4.74 Å². The fourth-order valence-corrected chi connectivity index (χ4v) is 4.28. The van der Waals surface area contributed by atoms with E-state index >= 15 is 0 Å². The van der Waals surface area contributed by atoms with Crippen molar-refractivity contribution in [3.05, 3.63) is 29.3 Å². The first-order chi connectivity index (χ1) is 11.3. The van der Waals surface area contributed by atoms with Crippen molar-refractivity contribution in [3.63, 3.8) is 0 Å². The first kappa shape index (κ1) is 17.1. The van der Waals surface area contributed by atoms with Crippen LogP contribution in [-0.4, -0.2) is 41.1 Å². The Kier molecular flexibility index (Phi) is 4.50. The minimum Gasteiger partial charge on any atom is -0.373 e. The predicted molar refractivity (Wildman–Crippen MR) is 87.9 cm³/mol. The molecule has 2 atom stereocenters. The molecule has 0 saturated carbocycles. The maximum atomic E-state index is 12.4. The molecular formula is C15H23N5O3S. The van der Waals surface area contributed by atoms with Crippen molar-refractivity contribution < 1.29 is 13.2 Å². The van der Waals surface area contributed by atoms with Crippen LogP contribution >= 0.6 is 0 Å². The number of ether oxygens (including phenoxy) is 1. The summed E-state index contributed by atoms with van der Waals surface area (Å²) in [4.78, 5) is 0.175. The van der Waals surface area contributed by atoms with Crippen molar-refractivity contribution in [3.8, 4) is 0 Å². The van der Waals surface area contributed by atoms with Crippen LogP contribution in [0.3, 0.4) is 0 Å². The third-order valence-corrected chi connectivity index (χ3v) is 5.97. The molecule has 3 rings (SSSR count). The van der Waals surface area contributed by atoms with Crippen molar-refractivity contribution in [2.75, 3.05) is 13.2 Å². The Balaban J connectivity index is 1.75. The Hall–Kier alpha value is -1.71. The molecule has 0 aromatic carbocycles. The summed E-state index contributed by atoms with van der Waals surface area (Å²) < 4.78 is 36.6. The van der Waals surface area contributed by atoms with E-state index in [1.54, 1.807) is 7.05 Å². The maximum Gasteiger partial charge on any atom is 0.243 e. The van der Waals surface area contributed by atoms with E-state index in [9.17, 15) is 8.42 Å². The number of hydrogen-bond donors (Lipinski definition) is 1. The first-order valence-electron chi connectivity index (χ1n) is 7.89. The lowest BCUT2D eigenvalue weighted by Crippen LogP contribution is -2.30. The fraction of sp³-hybridized carbons (Fsp3) is 0.600. The topological polar surface area (TPSA) is 91.0 Å². The molecule has 2 aromatic heterocycles. The summed E-state index contributed by atoms with van der Waals surface area (Å²) in [6.45, 7) is 4.92. The molecule has 0 spiro atoms. The van der Waals surface area contributed by atoms with Crippen LogP contribution in [0.25, 0.3) is 0 Å². The summed E-state index contributed by atoms with van der Waals surface area (Å²) in [6.07, 6.45) is 3.52. The number of nitrogens with zero attached hydrogens (tertiary/aromatic N) is 4. The van der Waals surface area contributed by atoms with E-state index in [4.69, 9.17) is 4.74 Å². The van der Waals surface area contributed by atoms with Crippen LogP contribution in [0.2, 0.25) is 0 Å². The minimum atomic E-state index is -3.56. The second-order valence-corrected chi connectivity index (χ2v) is 8.02. The van der Waals surface area contributed by atoms with Crippen LogP contribution < -0.4 is 4.72 Å². The van der Waals surface area contributed by atoms with Gasteiger partial charge in [-0.05, 0) is 20.3 Å². The van der Waals surface area contributed by atoms with Gasteiger partial charge in [0.1, 0.15) is 4.90 Å². The lowest BCUT2D eigenvalue weighted by molar-refractivity contribution is 0.0906. The van der Waals surface area contributed by atoms with Crippen LogP contribution in [0.15, 0.2) is 17.3 Å². The Bertz CT molecular complexity index is 839.